The Bertz CT molecular complexity index is 445. The number of hydrogen-bond acceptors (Lipinski definition) is 3. The largest absolute Gasteiger partial charge is 0.469 e. The highest BCUT2D eigenvalue weighted by Gasteiger charge is 2.44. The number of carbonyl (C=O) groups is 1. The number of ether oxygens (including phenoxy) is 1. The number of rotatable bonds is 4. The highest BCUT2D eigenvalue weighted by Crippen LogP contribution is 2.47. The number of carbonyl (C=O) groups excluding carboxylic acids is 1. The normalized spacial score (nSPS) is 32.0. The van der Waals surface area contributed by atoms with Crippen molar-refractivity contribution in [2.24, 2.45) is 17.8 Å². The second kappa shape index (κ2) is 5.96. The van der Waals surface area contributed by atoms with Gasteiger partial charge in [0.15, 0.2) is 0 Å². The zero-order valence-electron chi connectivity index (χ0n) is 12.0. The summed E-state index contributed by atoms with van der Waals surface area (Å²) in [5.74, 6) is 1.58. The molecule has 0 aromatic heterocycles. The molecule has 3 nitrogen and oxygen atoms in total. The molecule has 1 N–H and O–H groups in total. The molecule has 108 valence electrons. The Kier molecular flexibility index (Phi) is 4.06. The average Bonchev–Trinajstić information content (AvgIpc) is 3.03. The minimum Gasteiger partial charge on any atom is -0.469 e. The fraction of sp³-hybridized carbons (Fsp3) is 0.588. The first-order chi connectivity index (χ1) is 9.76. The molecule has 2 unspecified atom stereocenters. The third-order valence-electron chi connectivity index (χ3n) is 4.99. The van der Waals surface area contributed by atoms with E-state index in [1.165, 1.54) is 25.5 Å². The molecule has 2 fully saturated rings. The predicted molar refractivity (Wildman–Crippen MR) is 78.0 cm³/mol. The van der Waals surface area contributed by atoms with Crippen LogP contribution in [0, 0.1) is 17.8 Å². The minimum absolute atomic E-state index is 0.00630. The van der Waals surface area contributed by atoms with Crippen LogP contribution in [0.1, 0.15) is 31.2 Å². The molecule has 2 aliphatic carbocycles. The lowest BCUT2D eigenvalue weighted by Gasteiger charge is -2.15. The summed E-state index contributed by atoms with van der Waals surface area (Å²) in [6.07, 6.45) is 4.48. The molecule has 2 saturated carbocycles. The van der Waals surface area contributed by atoms with Gasteiger partial charge in [0.2, 0.25) is 0 Å². The molecule has 3 heteroatoms. The predicted octanol–water partition coefficient (Wildman–Crippen LogP) is 2.75. The molecule has 0 saturated heterocycles. The maximum absolute atomic E-state index is 11.6. The number of hydrogen-bond donors (Lipinski definition) is 1. The smallest absolute Gasteiger partial charge is 0.308 e. The van der Waals surface area contributed by atoms with Crippen LogP contribution >= 0.6 is 0 Å². The second-order valence-corrected chi connectivity index (χ2v) is 6.25. The highest BCUT2D eigenvalue weighted by molar-refractivity contribution is 5.72. The molecular formula is C17H23NO2. The molecule has 3 rings (SSSR count). The number of esters is 1. The molecule has 1 aromatic rings. The van der Waals surface area contributed by atoms with Crippen LogP contribution in [0.5, 0.6) is 0 Å². The van der Waals surface area contributed by atoms with Gasteiger partial charge in [0.05, 0.1) is 13.0 Å². The maximum atomic E-state index is 11.6. The quantitative estimate of drug-likeness (QED) is 0.857. The Morgan fingerprint density at radius 2 is 1.80 bits per heavy atom. The van der Waals surface area contributed by atoms with E-state index < -0.39 is 0 Å². The standard InChI is InChI=1S/C17H23NO2/c1-20-17(19)15-7-13-9-16(10-14(13)8-15)18-11-12-5-3-2-4-6-12/h2-6,13-16,18H,7-11H2,1H3. The fourth-order valence-electron chi connectivity index (χ4n) is 4.00. The Balaban J connectivity index is 1.47. The van der Waals surface area contributed by atoms with E-state index in [0.29, 0.717) is 17.9 Å². The van der Waals surface area contributed by atoms with Gasteiger partial charge in [0.1, 0.15) is 0 Å². The van der Waals surface area contributed by atoms with Gasteiger partial charge >= 0.3 is 5.97 Å². The van der Waals surface area contributed by atoms with E-state index in [-0.39, 0.29) is 11.9 Å². The summed E-state index contributed by atoms with van der Waals surface area (Å²) in [5.41, 5.74) is 1.34. The van der Waals surface area contributed by atoms with Gasteiger partial charge in [0.25, 0.3) is 0 Å². The molecule has 1 aromatic carbocycles. The molecule has 0 bridgehead atoms. The molecule has 0 radical (unpaired) electrons. The van der Waals surface area contributed by atoms with Gasteiger partial charge in [0, 0.05) is 12.6 Å². The van der Waals surface area contributed by atoms with E-state index in [0.717, 1.165) is 19.4 Å². The van der Waals surface area contributed by atoms with Crippen molar-refractivity contribution in [2.45, 2.75) is 38.3 Å². The Labute approximate surface area is 120 Å². The highest BCUT2D eigenvalue weighted by atomic mass is 16.5. The number of nitrogens with one attached hydrogen (secondary N) is 1. The third-order valence-corrected chi connectivity index (χ3v) is 4.99. The van der Waals surface area contributed by atoms with Crippen LogP contribution in [0.4, 0.5) is 0 Å². The Morgan fingerprint density at radius 1 is 1.15 bits per heavy atom. The van der Waals surface area contributed by atoms with Gasteiger partial charge in [-0.05, 0) is 43.1 Å². The topological polar surface area (TPSA) is 38.3 Å². The first kappa shape index (κ1) is 13.6. The number of benzene rings is 1. The monoisotopic (exact) mass is 273 g/mol. The Morgan fingerprint density at radius 3 is 2.40 bits per heavy atom. The zero-order valence-corrected chi connectivity index (χ0v) is 12.0. The van der Waals surface area contributed by atoms with Gasteiger partial charge in [-0.2, -0.15) is 0 Å². The molecule has 20 heavy (non-hydrogen) atoms. The summed E-state index contributed by atoms with van der Waals surface area (Å²) in [5, 5.41) is 3.67. The number of fused-ring (bicyclic) bond motifs is 1. The zero-order chi connectivity index (χ0) is 13.9. The van der Waals surface area contributed by atoms with Gasteiger partial charge < -0.3 is 10.1 Å². The molecule has 0 aliphatic heterocycles. The average molecular weight is 273 g/mol. The van der Waals surface area contributed by atoms with Crippen molar-refractivity contribution in [3.63, 3.8) is 0 Å². The van der Waals surface area contributed by atoms with Crippen LogP contribution in [-0.2, 0) is 16.1 Å². The van der Waals surface area contributed by atoms with Crippen LogP contribution in [0.15, 0.2) is 30.3 Å². The van der Waals surface area contributed by atoms with Crippen molar-refractivity contribution >= 4 is 5.97 Å². The summed E-state index contributed by atoms with van der Waals surface area (Å²) >= 11 is 0. The second-order valence-electron chi connectivity index (χ2n) is 6.25. The van der Waals surface area contributed by atoms with E-state index >= 15 is 0 Å². The van der Waals surface area contributed by atoms with Crippen molar-refractivity contribution in [3.8, 4) is 0 Å². The molecule has 2 atom stereocenters. The maximum Gasteiger partial charge on any atom is 0.308 e. The van der Waals surface area contributed by atoms with E-state index in [1.54, 1.807) is 0 Å². The Hall–Kier alpha value is -1.35. The van der Waals surface area contributed by atoms with Crippen LogP contribution < -0.4 is 5.32 Å². The molecule has 0 heterocycles. The van der Waals surface area contributed by atoms with Gasteiger partial charge in [-0.3, -0.25) is 4.79 Å². The van der Waals surface area contributed by atoms with Crippen molar-refractivity contribution in [1.82, 2.24) is 5.32 Å². The molecule has 0 amide bonds. The summed E-state index contributed by atoms with van der Waals surface area (Å²) in [6.45, 7) is 0.950. The van der Waals surface area contributed by atoms with E-state index in [2.05, 4.69) is 35.6 Å². The minimum atomic E-state index is -0.00630. The van der Waals surface area contributed by atoms with Gasteiger partial charge in [-0.25, -0.2) is 0 Å². The van der Waals surface area contributed by atoms with Crippen molar-refractivity contribution < 1.29 is 9.53 Å². The number of methoxy groups -OCH3 is 1. The van der Waals surface area contributed by atoms with E-state index in [1.807, 2.05) is 0 Å². The first-order valence-corrected chi connectivity index (χ1v) is 7.61. The molecule has 0 spiro atoms. The lowest BCUT2D eigenvalue weighted by molar-refractivity contribution is -0.145. The lowest BCUT2D eigenvalue weighted by Crippen LogP contribution is -2.27. The van der Waals surface area contributed by atoms with Crippen molar-refractivity contribution in [1.29, 1.82) is 0 Å². The summed E-state index contributed by atoms with van der Waals surface area (Å²) in [4.78, 5) is 11.6. The summed E-state index contributed by atoms with van der Waals surface area (Å²) < 4.78 is 4.88. The summed E-state index contributed by atoms with van der Waals surface area (Å²) in [7, 11) is 1.50. The SMILES string of the molecule is COC(=O)C1CC2CC(NCc3ccccc3)CC2C1. The molecule has 2 aliphatic rings. The lowest BCUT2D eigenvalue weighted by atomic mass is 10.0. The van der Waals surface area contributed by atoms with Crippen LogP contribution in [0.2, 0.25) is 0 Å². The van der Waals surface area contributed by atoms with Crippen LogP contribution in [-0.4, -0.2) is 19.1 Å². The fourth-order valence-corrected chi connectivity index (χ4v) is 4.00. The van der Waals surface area contributed by atoms with Crippen molar-refractivity contribution in [3.05, 3.63) is 35.9 Å². The van der Waals surface area contributed by atoms with Gasteiger partial charge in [-0.15, -0.1) is 0 Å². The summed E-state index contributed by atoms with van der Waals surface area (Å²) in [6, 6.07) is 11.2. The van der Waals surface area contributed by atoms with Crippen LogP contribution in [0.25, 0.3) is 0 Å². The van der Waals surface area contributed by atoms with Crippen LogP contribution in [0.3, 0.4) is 0 Å². The third kappa shape index (κ3) is 2.88. The van der Waals surface area contributed by atoms with E-state index in [9.17, 15) is 4.79 Å². The van der Waals surface area contributed by atoms with Gasteiger partial charge in [-0.1, -0.05) is 30.3 Å². The first-order valence-electron chi connectivity index (χ1n) is 7.61. The van der Waals surface area contributed by atoms with E-state index in [4.69, 9.17) is 4.74 Å². The molecular weight excluding hydrogens is 250 g/mol. The van der Waals surface area contributed by atoms with Crippen molar-refractivity contribution in [2.75, 3.05) is 7.11 Å².